The lowest BCUT2D eigenvalue weighted by atomic mass is 10.1. The van der Waals surface area contributed by atoms with Gasteiger partial charge in [0, 0.05) is 12.2 Å². The highest BCUT2D eigenvalue weighted by molar-refractivity contribution is 7.92. The van der Waals surface area contributed by atoms with Gasteiger partial charge in [0.15, 0.2) is 15.6 Å². The first-order chi connectivity index (χ1) is 8.90. The van der Waals surface area contributed by atoms with Crippen molar-refractivity contribution in [3.05, 3.63) is 35.6 Å². The first kappa shape index (κ1) is 14.1. The van der Waals surface area contributed by atoms with Gasteiger partial charge in [-0.1, -0.05) is 0 Å². The van der Waals surface area contributed by atoms with Crippen LogP contribution in [0.2, 0.25) is 0 Å². The van der Waals surface area contributed by atoms with Crippen LogP contribution in [0.4, 0.5) is 4.39 Å². The van der Waals surface area contributed by atoms with Crippen LogP contribution >= 0.6 is 0 Å². The molecule has 0 radical (unpaired) electrons. The molecule has 19 heavy (non-hydrogen) atoms. The van der Waals surface area contributed by atoms with E-state index < -0.39 is 32.4 Å². The van der Waals surface area contributed by atoms with Gasteiger partial charge in [-0.2, -0.15) is 0 Å². The normalized spacial score (nSPS) is 23.5. The molecule has 104 valence electrons. The van der Waals surface area contributed by atoms with Crippen LogP contribution < -0.4 is 0 Å². The average Bonchev–Trinajstić information content (AvgIpc) is 2.76. The molecule has 1 aromatic rings. The largest absolute Gasteiger partial charge is 0.377 e. The molecule has 1 aliphatic rings. The number of ether oxygens (including phenoxy) is 1. The van der Waals surface area contributed by atoms with Crippen molar-refractivity contribution in [3.63, 3.8) is 0 Å². The molecule has 2 atom stereocenters. The molecule has 0 saturated carbocycles. The molecule has 0 aromatic heterocycles. The lowest BCUT2D eigenvalue weighted by Gasteiger charge is -2.14. The van der Waals surface area contributed by atoms with Crippen LogP contribution in [0.1, 0.15) is 23.7 Å². The van der Waals surface area contributed by atoms with Gasteiger partial charge in [0.2, 0.25) is 0 Å². The Morgan fingerprint density at radius 2 is 2.00 bits per heavy atom. The summed E-state index contributed by atoms with van der Waals surface area (Å²) < 4.78 is 42.2. The van der Waals surface area contributed by atoms with Crippen molar-refractivity contribution < 1.29 is 22.3 Å². The van der Waals surface area contributed by atoms with E-state index in [2.05, 4.69) is 0 Å². The van der Waals surface area contributed by atoms with Crippen molar-refractivity contribution in [2.45, 2.75) is 24.7 Å². The molecule has 0 aliphatic carbocycles. The predicted molar refractivity (Wildman–Crippen MR) is 68.3 cm³/mol. The quantitative estimate of drug-likeness (QED) is 0.789. The summed E-state index contributed by atoms with van der Waals surface area (Å²) in [6.07, 6.45) is 0.0335. The van der Waals surface area contributed by atoms with Crippen molar-refractivity contribution >= 4 is 15.6 Å². The molecule has 1 saturated heterocycles. The van der Waals surface area contributed by atoms with Crippen LogP contribution in [0.5, 0.6) is 0 Å². The molecule has 0 bridgehead atoms. The highest BCUT2D eigenvalue weighted by Gasteiger charge is 2.36. The minimum atomic E-state index is -3.53. The molecule has 1 aliphatic heterocycles. The smallest absolute Gasteiger partial charge is 0.177 e. The summed E-state index contributed by atoms with van der Waals surface area (Å²) in [6, 6.07) is 4.87. The zero-order chi connectivity index (χ0) is 14.0. The molecular formula is C13H15FO4S. The molecule has 1 aromatic carbocycles. The minimum Gasteiger partial charge on any atom is -0.377 e. The summed E-state index contributed by atoms with van der Waals surface area (Å²) in [4.78, 5) is 11.9. The maximum Gasteiger partial charge on any atom is 0.177 e. The monoisotopic (exact) mass is 286 g/mol. The maximum absolute atomic E-state index is 12.7. The summed E-state index contributed by atoms with van der Waals surface area (Å²) in [7, 11) is -3.53. The topological polar surface area (TPSA) is 60.4 Å². The summed E-state index contributed by atoms with van der Waals surface area (Å²) >= 11 is 0. The van der Waals surface area contributed by atoms with Gasteiger partial charge in [0.1, 0.15) is 11.6 Å². The Bertz CT molecular complexity index is 565. The van der Waals surface area contributed by atoms with E-state index in [1.807, 2.05) is 0 Å². The molecule has 0 spiro atoms. The zero-order valence-corrected chi connectivity index (χ0v) is 11.3. The third-order valence-corrected chi connectivity index (χ3v) is 5.47. The van der Waals surface area contributed by atoms with E-state index in [4.69, 9.17) is 4.74 Å². The van der Waals surface area contributed by atoms with Crippen LogP contribution in [0.3, 0.4) is 0 Å². The fraction of sp³-hybridized carbons (Fsp3) is 0.462. The molecule has 1 heterocycles. The SMILES string of the molecule is CC1OCCC1S(=O)(=O)CC(=O)c1ccc(F)cc1. The first-order valence-corrected chi connectivity index (χ1v) is 7.73. The summed E-state index contributed by atoms with van der Waals surface area (Å²) in [5, 5.41) is -0.628. The number of ketones is 1. The van der Waals surface area contributed by atoms with Crippen LogP contribution in [0.25, 0.3) is 0 Å². The van der Waals surface area contributed by atoms with Gasteiger partial charge >= 0.3 is 0 Å². The number of sulfone groups is 1. The maximum atomic E-state index is 12.7. The Hall–Kier alpha value is -1.27. The molecule has 0 amide bonds. The van der Waals surface area contributed by atoms with Crippen LogP contribution in [-0.4, -0.2) is 37.9 Å². The molecule has 2 rings (SSSR count). The van der Waals surface area contributed by atoms with Crippen LogP contribution in [0.15, 0.2) is 24.3 Å². The second-order valence-corrected chi connectivity index (χ2v) is 6.86. The van der Waals surface area contributed by atoms with E-state index in [0.29, 0.717) is 13.0 Å². The van der Waals surface area contributed by atoms with Crippen LogP contribution in [0, 0.1) is 5.82 Å². The van der Waals surface area contributed by atoms with Crippen molar-refractivity contribution in [2.24, 2.45) is 0 Å². The van der Waals surface area contributed by atoms with Gasteiger partial charge in [-0.05, 0) is 37.6 Å². The lowest BCUT2D eigenvalue weighted by Crippen LogP contribution is -2.32. The summed E-state index contributed by atoms with van der Waals surface area (Å²) in [5.74, 6) is -1.53. The Morgan fingerprint density at radius 3 is 2.53 bits per heavy atom. The fourth-order valence-electron chi connectivity index (χ4n) is 2.19. The van der Waals surface area contributed by atoms with Crippen LogP contribution in [-0.2, 0) is 14.6 Å². The third-order valence-electron chi connectivity index (χ3n) is 3.27. The van der Waals surface area contributed by atoms with E-state index in [0.717, 1.165) is 12.1 Å². The molecule has 6 heteroatoms. The van der Waals surface area contributed by atoms with Gasteiger partial charge in [0.25, 0.3) is 0 Å². The second kappa shape index (κ2) is 5.38. The van der Waals surface area contributed by atoms with Gasteiger partial charge in [-0.3, -0.25) is 4.79 Å². The van der Waals surface area contributed by atoms with Crippen molar-refractivity contribution in [2.75, 3.05) is 12.4 Å². The Balaban J connectivity index is 2.12. The third kappa shape index (κ3) is 3.19. The second-order valence-electron chi connectivity index (χ2n) is 4.64. The number of halogens is 1. The Morgan fingerprint density at radius 1 is 1.37 bits per heavy atom. The van der Waals surface area contributed by atoms with E-state index in [-0.39, 0.29) is 11.7 Å². The van der Waals surface area contributed by atoms with E-state index >= 15 is 0 Å². The van der Waals surface area contributed by atoms with Gasteiger partial charge < -0.3 is 4.74 Å². The van der Waals surface area contributed by atoms with Gasteiger partial charge in [0.05, 0.1) is 11.4 Å². The number of benzene rings is 1. The minimum absolute atomic E-state index is 0.205. The molecule has 2 unspecified atom stereocenters. The van der Waals surface area contributed by atoms with Crippen molar-refractivity contribution in [1.29, 1.82) is 0 Å². The molecule has 1 fully saturated rings. The predicted octanol–water partition coefficient (Wildman–Crippen LogP) is 1.60. The summed E-state index contributed by atoms with van der Waals surface area (Å²) in [6.45, 7) is 2.09. The average molecular weight is 286 g/mol. The highest BCUT2D eigenvalue weighted by atomic mass is 32.2. The van der Waals surface area contributed by atoms with Crippen molar-refractivity contribution in [1.82, 2.24) is 0 Å². The van der Waals surface area contributed by atoms with Crippen molar-refractivity contribution in [3.8, 4) is 0 Å². The molecule has 4 nitrogen and oxygen atoms in total. The summed E-state index contributed by atoms with van der Waals surface area (Å²) in [5.41, 5.74) is 0.205. The fourth-order valence-corrected chi connectivity index (χ4v) is 4.06. The standard InChI is InChI=1S/C13H15FO4S/c1-9-13(6-7-18-9)19(16,17)8-12(15)10-2-4-11(14)5-3-10/h2-5,9,13H,6-8H2,1H3. The number of hydrogen-bond donors (Lipinski definition) is 0. The number of rotatable bonds is 4. The zero-order valence-electron chi connectivity index (χ0n) is 10.5. The van der Waals surface area contributed by atoms with E-state index in [9.17, 15) is 17.6 Å². The Labute approximate surface area is 111 Å². The molecular weight excluding hydrogens is 271 g/mol. The number of carbonyl (C=O) groups is 1. The van der Waals surface area contributed by atoms with Gasteiger partial charge in [-0.15, -0.1) is 0 Å². The van der Waals surface area contributed by atoms with Gasteiger partial charge in [-0.25, -0.2) is 12.8 Å². The Kier molecular flexibility index (Phi) is 4.01. The molecule has 0 N–H and O–H groups in total. The van der Waals surface area contributed by atoms with E-state index in [1.165, 1.54) is 12.1 Å². The number of Topliss-reactive ketones (excluding diaryl/α,β-unsaturated/α-hetero) is 1. The lowest BCUT2D eigenvalue weighted by molar-refractivity contribution is 0.102. The highest BCUT2D eigenvalue weighted by Crippen LogP contribution is 2.22. The first-order valence-electron chi connectivity index (χ1n) is 6.02. The number of hydrogen-bond acceptors (Lipinski definition) is 4. The number of carbonyl (C=O) groups excluding carboxylic acids is 1. The van der Waals surface area contributed by atoms with E-state index in [1.54, 1.807) is 6.92 Å².